The Kier molecular flexibility index (Phi) is 4.05. The number of fused-ring (bicyclic) bond motifs is 1. The maximum absolute atomic E-state index is 6.17. The third-order valence-corrected chi connectivity index (χ3v) is 5.23. The number of nitrogens with zero attached hydrogens (tertiary/aromatic N) is 2. The monoisotopic (exact) mass is 281 g/mol. The van der Waals surface area contributed by atoms with Crippen LogP contribution in [-0.4, -0.2) is 30.8 Å². The normalized spacial score (nSPS) is 27.4. The van der Waals surface area contributed by atoms with Crippen LogP contribution in [0.3, 0.4) is 0 Å². The van der Waals surface area contributed by atoms with Gasteiger partial charge in [0.25, 0.3) is 0 Å². The van der Waals surface area contributed by atoms with Gasteiger partial charge >= 0.3 is 0 Å². The number of anilines is 1. The average Bonchev–Trinajstić information content (AvgIpc) is 2.85. The average molecular weight is 281 g/mol. The Morgan fingerprint density at radius 3 is 3.11 bits per heavy atom. The third kappa shape index (κ3) is 2.78. The zero-order valence-corrected chi connectivity index (χ0v) is 12.4. The van der Waals surface area contributed by atoms with Crippen LogP contribution >= 0.6 is 11.3 Å². The number of thiazole rings is 1. The molecule has 1 fully saturated rings. The second kappa shape index (κ2) is 5.77. The second-order valence-electron chi connectivity index (χ2n) is 5.47. The second-order valence-corrected chi connectivity index (χ2v) is 6.53. The number of ether oxygens (including phenoxy) is 1. The number of aromatic nitrogens is 1. The van der Waals surface area contributed by atoms with Gasteiger partial charge in [-0.05, 0) is 39.0 Å². The molecule has 0 amide bonds. The fourth-order valence-corrected chi connectivity index (χ4v) is 4.26. The highest BCUT2D eigenvalue weighted by atomic mass is 32.1. The van der Waals surface area contributed by atoms with Crippen LogP contribution in [0.5, 0.6) is 0 Å². The first kappa shape index (κ1) is 13.3. The smallest absolute Gasteiger partial charge is 0.185 e. The molecule has 19 heavy (non-hydrogen) atoms. The van der Waals surface area contributed by atoms with Gasteiger partial charge in [0.2, 0.25) is 0 Å². The molecule has 1 saturated heterocycles. The number of hydrogen-bond donors (Lipinski definition) is 1. The Bertz CT molecular complexity index is 432. The summed E-state index contributed by atoms with van der Waals surface area (Å²) in [4.78, 5) is 8.61. The Morgan fingerprint density at radius 1 is 1.42 bits per heavy atom. The Morgan fingerprint density at radius 2 is 2.32 bits per heavy atom. The standard InChI is InChI=1S/C14H23N3OS/c1-2-18-10-5-4-8-17(9-10)14-16-13-11(15)6-3-7-12(13)19-14/h10-11H,2-9,15H2,1H3. The number of rotatable bonds is 3. The lowest BCUT2D eigenvalue weighted by Gasteiger charge is -2.32. The molecule has 4 nitrogen and oxygen atoms in total. The van der Waals surface area contributed by atoms with E-state index >= 15 is 0 Å². The van der Waals surface area contributed by atoms with Gasteiger partial charge in [-0.25, -0.2) is 4.98 Å². The van der Waals surface area contributed by atoms with E-state index in [9.17, 15) is 0 Å². The minimum absolute atomic E-state index is 0.154. The van der Waals surface area contributed by atoms with Crippen LogP contribution in [0.4, 0.5) is 5.13 Å². The van der Waals surface area contributed by atoms with E-state index in [-0.39, 0.29) is 6.04 Å². The molecule has 0 radical (unpaired) electrons. The quantitative estimate of drug-likeness (QED) is 0.925. The van der Waals surface area contributed by atoms with Crippen molar-refractivity contribution in [3.8, 4) is 0 Å². The number of aryl methyl sites for hydroxylation is 1. The van der Waals surface area contributed by atoms with Gasteiger partial charge in [-0.15, -0.1) is 11.3 Å². The molecule has 5 heteroatoms. The molecule has 0 aromatic carbocycles. The van der Waals surface area contributed by atoms with Gasteiger partial charge in [-0.3, -0.25) is 0 Å². The van der Waals surface area contributed by atoms with E-state index in [0.717, 1.165) is 43.4 Å². The molecule has 1 aliphatic heterocycles. The lowest BCUT2D eigenvalue weighted by Crippen LogP contribution is -2.39. The van der Waals surface area contributed by atoms with Crippen molar-refractivity contribution in [3.63, 3.8) is 0 Å². The summed E-state index contributed by atoms with van der Waals surface area (Å²) >= 11 is 1.84. The van der Waals surface area contributed by atoms with Crippen LogP contribution in [-0.2, 0) is 11.2 Å². The molecule has 2 unspecified atom stereocenters. The largest absolute Gasteiger partial charge is 0.377 e. The van der Waals surface area contributed by atoms with Crippen molar-refractivity contribution in [2.75, 3.05) is 24.6 Å². The molecule has 2 aliphatic rings. The van der Waals surface area contributed by atoms with E-state index in [2.05, 4.69) is 11.8 Å². The summed E-state index contributed by atoms with van der Waals surface area (Å²) in [5.74, 6) is 0. The predicted octanol–water partition coefficient (Wildman–Crippen LogP) is 2.48. The fraction of sp³-hybridized carbons (Fsp3) is 0.786. The van der Waals surface area contributed by atoms with E-state index in [4.69, 9.17) is 15.5 Å². The first-order valence-electron chi connectivity index (χ1n) is 7.39. The minimum atomic E-state index is 0.154. The van der Waals surface area contributed by atoms with Crippen LogP contribution in [0.15, 0.2) is 0 Å². The van der Waals surface area contributed by atoms with Gasteiger partial charge in [-0.1, -0.05) is 0 Å². The highest BCUT2D eigenvalue weighted by Crippen LogP contribution is 2.36. The van der Waals surface area contributed by atoms with Crippen LogP contribution in [0, 0.1) is 0 Å². The van der Waals surface area contributed by atoms with E-state index in [1.807, 2.05) is 11.3 Å². The summed E-state index contributed by atoms with van der Waals surface area (Å²) in [6.45, 7) is 4.96. The van der Waals surface area contributed by atoms with Gasteiger partial charge in [0.15, 0.2) is 5.13 Å². The van der Waals surface area contributed by atoms with Crippen LogP contribution in [0.25, 0.3) is 0 Å². The highest BCUT2D eigenvalue weighted by Gasteiger charge is 2.26. The summed E-state index contributed by atoms with van der Waals surface area (Å²) in [7, 11) is 0. The van der Waals surface area contributed by atoms with E-state index in [1.54, 1.807) is 0 Å². The third-order valence-electron chi connectivity index (χ3n) is 4.04. The maximum Gasteiger partial charge on any atom is 0.185 e. The summed E-state index contributed by atoms with van der Waals surface area (Å²) in [5, 5.41) is 1.16. The van der Waals surface area contributed by atoms with Crippen molar-refractivity contribution in [1.29, 1.82) is 0 Å². The maximum atomic E-state index is 6.17. The Hall–Kier alpha value is -0.650. The summed E-state index contributed by atoms with van der Waals surface area (Å²) in [6, 6.07) is 0.154. The first-order valence-corrected chi connectivity index (χ1v) is 8.21. The summed E-state index contributed by atoms with van der Waals surface area (Å²) < 4.78 is 5.77. The van der Waals surface area contributed by atoms with Crippen molar-refractivity contribution < 1.29 is 4.74 Å². The molecule has 0 saturated carbocycles. The zero-order chi connectivity index (χ0) is 13.2. The minimum Gasteiger partial charge on any atom is -0.377 e. The molecule has 2 atom stereocenters. The van der Waals surface area contributed by atoms with E-state index in [1.165, 1.54) is 24.1 Å². The first-order chi connectivity index (χ1) is 9.28. The summed E-state index contributed by atoms with van der Waals surface area (Å²) in [6.07, 6.45) is 6.18. The molecule has 1 aromatic heterocycles. The molecule has 3 rings (SSSR count). The predicted molar refractivity (Wildman–Crippen MR) is 78.8 cm³/mol. The molecular formula is C14H23N3OS. The summed E-state index contributed by atoms with van der Waals surface area (Å²) in [5.41, 5.74) is 7.32. The lowest BCUT2D eigenvalue weighted by atomic mass is 9.99. The van der Waals surface area contributed by atoms with Crippen molar-refractivity contribution in [1.82, 2.24) is 4.98 Å². The molecule has 2 N–H and O–H groups in total. The number of hydrogen-bond acceptors (Lipinski definition) is 5. The SMILES string of the molecule is CCOC1CCCN(c2nc3c(s2)CCCC3N)C1. The van der Waals surface area contributed by atoms with E-state index < -0.39 is 0 Å². The molecule has 0 spiro atoms. The number of piperidine rings is 1. The van der Waals surface area contributed by atoms with E-state index in [0.29, 0.717) is 6.10 Å². The van der Waals surface area contributed by atoms with Gasteiger partial charge in [0, 0.05) is 30.6 Å². The van der Waals surface area contributed by atoms with Crippen molar-refractivity contribution in [3.05, 3.63) is 10.6 Å². The topological polar surface area (TPSA) is 51.4 Å². The Balaban J connectivity index is 1.75. The molecule has 2 heterocycles. The van der Waals surface area contributed by atoms with Gasteiger partial charge in [0.05, 0.1) is 11.8 Å². The van der Waals surface area contributed by atoms with Gasteiger partial charge in [0.1, 0.15) is 0 Å². The van der Waals surface area contributed by atoms with Crippen LogP contribution in [0.2, 0.25) is 0 Å². The van der Waals surface area contributed by atoms with Gasteiger partial charge < -0.3 is 15.4 Å². The Labute approximate surface area is 119 Å². The number of nitrogens with two attached hydrogens (primary N) is 1. The fourth-order valence-electron chi connectivity index (χ4n) is 3.06. The lowest BCUT2D eigenvalue weighted by molar-refractivity contribution is 0.0526. The van der Waals surface area contributed by atoms with Crippen LogP contribution < -0.4 is 10.6 Å². The molecular weight excluding hydrogens is 258 g/mol. The highest BCUT2D eigenvalue weighted by molar-refractivity contribution is 7.15. The van der Waals surface area contributed by atoms with Crippen molar-refractivity contribution in [2.24, 2.45) is 5.73 Å². The molecule has 106 valence electrons. The molecule has 0 bridgehead atoms. The molecule has 1 aromatic rings. The van der Waals surface area contributed by atoms with Crippen LogP contribution in [0.1, 0.15) is 49.2 Å². The van der Waals surface area contributed by atoms with Crippen molar-refractivity contribution in [2.45, 2.75) is 51.2 Å². The van der Waals surface area contributed by atoms with Gasteiger partial charge in [-0.2, -0.15) is 0 Å². The van der Waals surface area contributed by atoms with Crippen molar-refractivity contribution >= 4 is 16.5 Å². The molecule has 1 aliphatic carbocycles. The zero-order valence-electron chi connectivity index (χ0n) is 11.6.